The largest absolute Gasteiger partial charge is 0.457 e. The van der Waals surface area contributed by atoms with E-state index in [9.17, 15) is 8.78 Å². The first-order chi connectivity index (χ1) is 54.8. The van der Waals surface area contributed by atoms with Gasteiger partial charge in [0.2, 0.25) is 0 Å². The molecule has 0 spiro atoms. The van der Waals surface area contributed by atoms with Crippen molar-refractivity contribution in [1.29, 1.82) is 0 Å². The van der Waals surface area contributed by atoms with Crippen molar-refractivity contribution in [3.63, 3.8) is 0 Å². The summed E-state index contributed by atoms with van der Waals surface area (Å²) >= 11 is 0. The highest BCUT2D eigenvalue weighted by Crippen LogP contribution is 2.61. The van der Waals surface area contributed by atoms with E-state index in [0.29, 0.717) is 67.8 Å². The van der Waals surface area contributed by atoms with Gasteiger partial charge in [0.05, 0.1) is 10.8 Å². The lowest BCUT2D eigenvalue weighted by molar-refractivity contribution is 0.481. The lowest BCUT2D eigenvalue weighted by Crippen LogP contribution is -2.31. The van der Waals surface area contributed by atoms with Crippen LogP contribution in [0, 0.1) is 34.9 Å². The molecule has 538 valence electrons. The SMILES string of the molecule is C=Cc1ccc(Oc2ccc(C3(c4c(F)cccc4F)c4ccccc4-c4ccc(N(c5ccc(-c6ccc(F)cc6)cc5)c5ccc(-c6ccc(N(c7ccc(-c8ccc(F)cc8)cc7)c7ccc8c(c7)C(c7ccc(Oc9ccc(C=C)cc9)cc7)(c7c(F)cccc7F)c7ccccc7-8)cc6)cc5)cc43)cc2)cc1. The van der Waals surface area contributed by atoms with Crippen LogP contribution in [0.4, 0.5) is 60.5 Å². The second-order valence-electron chi connectivity index (χ2n) is 27.9. The number of ether oxygens (including phenoxy) is 2. The van der Waals surface area contributed by atoms with Gasteiger partial charge in [-0.1, -0.05) is 219 Å². The summed E-state index contributed by atoms with van der Waals surface area (Å²) in [5, 5.41) is 0. The highest BCUT2D eigenvalue weighted by atomic mass is 19.2. The Balaban J connectivity index is 0.746. The van der Waals surface area contributed by atoms with Crippen LogP contribution in [0.5, 0.6) is 23.0 Å². The number of anilines is 6. The lowest BCUT2D eigenvalue weighted by atomic mass is 9.67. The molecule has 4 nitrogen and oxygen atoms in total. The van der Waals surface area contributed by atoms with Gasteiger partial charge in [-0.05, 0) is 270 Å². The molecule has 0 aliphatic heterocycles. The number of benzene rings is 16. The molecule has 2 aliphatic carbocycles. The van der Waals surface area contributed by atoms with Crippen molar-refractivity contribution >= 4 is 46.3 Å². The maximum atomic E-state index is 17.3. The number of nitrogens with zero attached hydrogens (tertiary/aromatic N) is 2. The molecular formula is C102H66F6N2O2. The summed E-state index contributed by atoms with van der Waals surface area (Å²) in [4.78, 5) is 4.25. The van der Waals surface area contributed by atoms with Gasteiger partial charge in [0, 0.05) is 45.3 Å². The smallest absolute Gasteiger partial charge is 0.130 e. The van der Waals surface area contributed by atoms with E-state index < -0.39 is 34.1 Å². The summed E-state index contributed by atoms with van der Waals surface area (Å²) < 4.78 is 110. The standard InChI is InChI=1S/C102H66F6N2O2/c1-3-65-19-53-83(54-20-65)111-85-57-35-73(36-58-85)101(99-95(105)15-9-16-96(99)106)91-13-7-5-11-87(91)89-61-51-81(63-93(89)101)109(77-43-27-69(28-44-77)67-23-39-75(103)40-24-67)79-47-31-71(32-48-79)72-33-49-80(50-34-72)110(78-45-29-70(30-46-78)68-25-41-76(104)42-26-68)82-52-62-90-88-12-6-8-14-92(88)102(94(90)64-82,100-97(107)17-10-18-98(100)108)74-37-59-86(60-38-74)112-84-55-21-66(4-2)22-56-84/h3-64H,1-2H2. The Morgan fingerprint density at radius 1 is 0.241 bits per heavy atom. The van der Waals surface area contributed by atoms with Crippen LogP contribution in [0.25, 0.3) is 67.8 Å². The third kappa shape index (κ3) is 12.2. The molecule has 16 aromatic carbocycles. The van der Waals surface area contributed by atoms with Crippen LogP contribution in [0.1, 0.15) is 55.6 Å². The van der Waals surface area contributed by atoms with Gasteiger partial charge in [-0.25, -0.2) is 26.3 Å². The van der Waals surface area contributed by atoms with Gasteiger partial charge >= 0.3 is 0 Å². The Hall–Kier alpha value is -14.2. The minimum atomic E-state index is -1.51. The highest BCUT2D eigenvalue weighted by molar-refractivity contribution is 5.93. The van der Waals surface area contributed by atoms with E-state index in [1.54, 1.807) is 36.4 Å². The molecule has 0 amide bonds. The fourth-order valence-electron chi connectivity index (χ4n) is 16.5. The van der Waals surface area contributed by atoms with E-state index in [4.69, 9.17) is 9.47 Å². The maximum absolute atomic E-state index is 17.3. The first kappa shape index (κ1) is 69.5. The van der Waals surface area contributed by atoms with Crippen LogP contribution in [0.15, 0.2) is 377 Å². The maximum Gasteiger partial charge on any atom is 0.130 e. The molecule has 2 unspecified atom stereocenters. The predicted octanol–water partition coefficient (Wildman–Crippen LogP) is 28.1. The number of fused-ring (bicyclic) bond motifs is 6. The first-order valence-corrected chi connectivity index (χ1v) is 36.8. The van der Waals surface area contributed by atoms with Crippen LogP contribution >= 0.6 is 0 Å². The molecule has 2 aliphatic rings. The molecule has 112 heavy (non-hydrogen) atoms. The van der Waals surface area contributed by atoms with Crippen molar-refractivity contribution in [2.75, 3.05) is 9.80 Å². The monoisotopic (exact) mass is 1460 g/mol. The van der Waals surface area contributed by atoms with Gasteiger partial charge in [-0.2, -0.15) is 0 Å². The Bertz CT molecular complexity index is 5830. The predicted molar refractivity (Wildman–Crippen MR) is 440 cm³/mol. The minimum absolute atomic E-state index is 0.117. The van der Waals surface area contributed by atoms with Crippen molar-refractivity contribution in [2.24, 2.45) is 0 Å². The molecule has 2 atom stereocenters. The molecule has 18 rings (SSSR count). The zero-order chi connectivity index (χ0) is 76.2. The van der Waals surface area contributed by atoms with E-state index in [2.05, 4.69) is 71.5 Å². The Morgan fingerprint density at radius 2 is 0.500 bits per heavy atom. The number of halogens is 6. The summed E-state index contributed by atoms with van der Waals surface area (Å²) in [6, 6.07) is 111. The summed E-state index contributed by atoms with van der Waals surface area (Å²) in [7, 11) is 0. The van der Waals surface area contributed by atoms with Crippen LogP contribution in [-0.2, 0) is 10.8 Å². The summed E-state index contributed by atoms with van der Waals surface area (Å²) in [5.74, 6) is -1.20. The third-order valence-corrected chi connectivity index (χ3v) is 21.7. The van der Waals surface area contributed by atoms with Crippen LogP contribution in [0.2, 0.25) is 0 Å². The summed E-state index contributed by atoms with van der Waals surface area (Å²) in [6.45, 7) is 7.75. The van der Waals surface area contributed by atoms with Crippen LogP contribution < -0.4 is 19.3 Å². The summed E-state index contributed by atoms with van der Waals surface area (Å²) in [6.07, 6.45) is 3.52. The molecular weight excluding hydrogens is 1400 g/mol. The zero-order valence-electron chi connectivity index (χ0n) is 60.2. The average Bonchev–Trinajstić information content (AvgIpc) is 1.46. The average molecular weight is 1470 g/mol. The highest BCUT2D eigenvalue weighted by Gasteiger charge is 2.51. The van der Waals surface area contributed by atoms with Crippen LogP contribution in [0.3, 0.4) is 0 Å². The number of rotatable bonds is 19. The van der Waals surface area contributed by atoms with E-state index >= 15 is 17.6 Å². The molecule has 0 bridgehead atoms. The van der Waals surface area contributed by atoms with Gasteiger partial charge in [-0.15, -0.1) is 0 Å². The molecule has 0 N–H and O–H groups in total. The molecule has 16 aromatic rings. The van der Waals surface area contributed by atoms with Gasteiger partial charge in [0.25, 0.3) is 0 Å². The van der Waals surface area contributed by atoms with Gasteiger partial charge in [-0.3, -0.25) is 0 Å². The van der Waals surface area contributed by atoms with Crippen molar-refractivity contribution in [3.8, 4) is 78.6 Å². The molecule has 0 saturated heterocycles. The van der Waals surface area contributed by atoms with Crippen molar-refractivity contribution in [1.82, 2.24) is 0 Å². The Kier molecular flexibility index (Phi) is 17.8. The quantitative estimate of drug-likeness (QED) is 0.0754. The molecule has 0 heterocycles. The normalized spacial score (nSPS) is 14.3. The molecule has 0 saturated carbocycles. The van der Waals surface area contributed by atoms with E-state index in [0.717, 1.165) is 89.5 Å². The van der Waals surface area contributed by atoms with Gasteiger partial charge < -0.3 is 19.3 Å². The second-order valence-corrected chi connectivity index (χ2v) is 27.9. The lowest BCUT2D eigenvalue weighted by Gasteiger charge is -2.35. The Morgan fingerprint density at radius 3 is 0.795 bits per heavy atom. The fourth-order valence-corrected chi connectivity index (χ4v) is 16.5. The third-order valence-electron chi connectivity index (χ3n) is 21.7. The molecule has 0 radical (unpaired) electrons. The number of hydrogen-bond acceptors (Lipinski definition) is 4. The van der Waals surface area contributed by atoms with Crippen molar-refractivity contribution in [3.05, 3.63) is 468 Å². The topological polar surface area (TPSA) is 24.9 Å². The fraction of sp³-hybridized carbons (Fsp3) is 0.0196. The van der Waals surface area contributed by atoms with E-state index in [-0.39, 0.29) is 22.8 Å². The Labute approximate surface area is 645 Å². The molecule has 10 heteroatoms. The van der Waals surface area contributed by atoms with Crippen molar-refractivity contribution in [2.45, 2.75) is 10.8 Å². The van der Waals surface area contributed by atoms with Crippen molar-refractivity contribution < 1.29 is 35.8 Å². The number of hydrogen-bond donors (Lipinski definition) is 0. The van der Waals surface area contributed by atoms with E-state index in [1.165, 1.54) is 60.7 Å². The summed E-state index contributed by atoms with van der Waals surface area (Å²) in [5.41, 5.74) is 15.6. The van der Waals surface area contributed by atoms with Crippen LogP contribution in [-0.4, -0.2) is 0 Å². The molecule has 0 aromatic heterocycles. The molecule has 0 fully saturated rings. The van der Waals surface area contributed by atoms with Gasteiger partial charge in [0.1, 0.15) is 57.9 Å². The zero-order valence-corrected chi connectivity index (χ0v) is 60.2. The minimum Gasteiger partial charge on any atom is -0.457 e. The second kappa shape index (κ2) is 28.7. The van der Waals surface area contributed by atoms with Gasteiger partial charge in [0.15, 0.2) is 0 Å². The van der Waals surface area contributed by atoms with E-state index in [1.807, 2.05) is 231 Å². The first-order valence-electron chi connectivity index (χ1n) is 36.8.